The Bertz CT molecular complexity index is 275. The fourth-order valence-corrected chi connectivity index (χ4v) is 1.47. The second kappa shape index (κ2) is 5.09. The third-order valence-electron chi connectivity index (χ3n) is 2.26. The summed E-state index contributed by atoms with van der Waals surface area (Å²) in [7, 11) is 1.59. The molecule has 1 heterocycles. The zero-order valence-corrected chi connectivity index (χ0v) is 8.55. The molecule has 0 fully saturated rings. The van der Waals surface area contributed by atoms with Crippen molar-refractivity contribution in [1.29, 1.82) is 0 Å². The van der Waals surface area contributed by atoms with Crippen LogP contribution in [-0.2, 0) is 4.74 Å². The SMILES string of the molecule is COCC(N)C(CO)n1ccnc1C. The minimum atomic E-state index is -0.224. The number of aromatic nitrogens is 2. The van der Waals surface area contributed by atoms with E-state index in [0.717, 1.165) is 5.82 Å². The Kier molecular flexibility index (Phi) is 4.06. The lowest BCUT2D eigenvalue weighted by Gasteiger charge is -2.23. The molecule has 3 N–H and O–H groups in total. The predicted octanol–water partition coefficient (Wildman–Crippen LogP) is -0.301. The van der Waals surface area contributed by atoms with Gasteiger partial charge in [0.15, 0.2) is 0 Å². The van der Waals surface area contributed by atoms with Gasteiger partial charge in [0.05, 0.1) is 25.3 Å². The minimum absolute atomic E-state index is 0.0122. The van der Waals surface area contributed by atoms with Crippen molar-refractivity contribution in [2.75, 3.05) is 20.3 Å². The van der Waals surface area contributed by atoms with Crippen LogP contribution in [0.3, 0.4) is 0 Å². The van der Waals surface area contributed by atoms with E-state index in [1.807, 2.05) is 17.7 Å². The molecule has 14 heavy (non-hydrogen) atoms. The minimum Gasteiger partial charge on any atom is -0.394 e. The molecule has 2 unspecified atom stereocenters. The lowest BCUT2D eigenvalue weighted by atomic mass is 10.1. The van der Waals surface area contributed by atoms with Gasteiger partial charge in [-0.15, -0.1) is 0 Å². The van der Waals surface area contributed by atoms with Gasteiger partial charge in [-0.3, -0.25) is 0 Å². The number of hydrogen-bond acceptors (Lipinski definition) is 4. The summed E-state index contributed by atoms with van der Waals surface area (Å²) in [6.45, 7) is 2.28. The molecule has 0 spiro atoms. The first-order chi connectivity index (χ1) is 6.70. The molecule has 1 rings (SSSR count). The first-order valence-electron chi connectivity index (χ1n) is 4.55. The van der Waals surface area contributed by atoms with Crippen LogP contribution < -0.4 is 5.73 Å². The van der Waals surface area contributed by atoms with Gasteiger partial charge in [0.2, 0.25) is 0 Å². The lowest BCUT2D eigenvalue weighted by molar-refractivity contribution is 0.129. The van der Waals surface area contributed by atoms with Crippen LogP contribution in [-0.4, -0.2) is 41.0 Å². The first-order valence-corrected chi connectivity index (χ1v) is 4.55. The van der Waals surface area contributed by atoms with Crippen LogP contribution in [0.1, 0.15) is 11.9 Å². The fourth-order valence-electron chi connectivity index (χ4n) is 1.47. The molecule has 0 aromatic carbocycles. The quantitative estimate of drug-likeness (QED) is 0.682. The maximum atomic E-state index is 9.24. The summed E-state index contributed by atoms with van der Waals surface area (Å²) in [5.74, 6) is 0.843. The van der Waals surface area contributed by atoms with Gasteiger partial charge in [-0.1, -0.05) is 0 Å². The summed E-state index contributed by atoms with van der Waals surface area (Å²) >= 11 is 0. The number of aryl methyl sites for hydroxylation is 1. The maximum absolute atomic E-state index is 9.24. The molecule has 0 saturated carbocycles. The van der Waals surface area contributed by atoms with Crippen molar-refractivity contribution in [3.8, 4) is 0 Å². The molecule has 5 heteroatoms. The van der Waals surface area contributed by atoms with Gasteiger partial charge >= 0.3 is 0 Å². The van der Waals surface area contributed by atoms with E-state index in [0.29, 0.717) is 6.61 Å². The molecule has 0 radical (unpaired) electrons. The van der Waals surface area contributed by atoms with Crippen LogP contribution in [0.25, 0.3) is 0 Å². The molecule has 5 nitrogen and oxygen atoms in total. The van der Waals surface area contributed by atoms with Crippen molar-refractivity contribution in [2.24, 2.45) is 5.73 Å². The van der Waals surface area contributed by atoms with Crippen LogP contribution in [0.4, 0.5) is 0 Å². The molecule has 0 saturated heterocycles. The topological polar surface area (TPSA) is 73.3 Å². The summed E-state index contributed by atoms with van der Waals surface area (Å²) in [5.41, 5.74) is 5.87. The maximum Gasteiger partial charge on any atom is 0.105 e. The van der Waals surface area contributed by atoms with Crippen LogP contribution in [0.5, 0.6) is 0 Å². The Labute approximate surface area is 83.5 Å². The molecule has 2 atom stereocenters. The number of ether oxygens (including phenoxy) is 1. The average Bonchev–Trinajstić information content (AvgIpc) is 2.54. The summed E-state index contributed by atoms with van der Waals surface area (Å²) in [4.78, 5) is 4.08. The molecule has 80 valence electrons. The number of aliphatic hydroxyl groups is 1. The second-order valence-electron chi connectivity index (χ2n) is 3.25. The normalized spacial score (nSPS) is 15.4. The van der Waals surface area contributed by atoms with Crippen molar-refractivity contribution < 1.29 is 9.84 Å². The van der Waals surface area contributed by atoms with Gasteiger partial charge in [0.25, 0.3) is 0 Å². The van der Waals surface area contributed by atoms with Gasteiger partial charge in [-0.2, -0.15) is 0 Å². The van der Waals surface area contributed by atoms with E-state index in [9.17, 15) is 5.11 Å². The summed E-state index contributed by atoms with van der Waals surface area (Å²) < 4.78 is 6.82. The first kappa shape index (κ1) is 11.2. The highest BCUT2D eigenvalue weighted by molar-refractivity contribution is 4.95. The fraction of sp³-hybridized carbons (Fsp3) is 0.667. The Hall–Kier alpha value is -0.910. The number of hydrogen-bond donors (Lipinski definition) is 2. The van der Waals surface area contributed by atoms with E-state index in [1.54, 1.807) is 13.3 Å². The molecule has 0 bridgehead atoms. The third-order valence-corrected chi connectivity index (χ3v) is 2.26. The highest BCUT2D eigenvalue weighted by Gasteiger charge is 2.19. The van der Waals surface area contributed by atoms with Crippen LogP contribution in [0.2, 0.25) is 0 Å². The van der Waals surface area contributed by atoms with Crippen molar-refractivity contribution in [3.05, 3.63) is 18.2 Å². The highest BCUT2D eigenvalue weighted by Crippen LogP contribution is 2.12. The number of methoxy groups -OCH3 is 1. The smallest absolute Gasteiger partial charge is 0.105 e. The van der Waals surface area contributed by atoms with Gasteiger partial charge < -0.3 is 20.1 Å². The average molecular weight is 199 g/mol. The van der Waals surface area contributed by atoms with Gasteiger partial charge in [-0.25, -0.2) is 4.98 Å². The van der Waals surface area contributed by atoms with Gasteiger partial charge in [-0.05, 0) is 6.92 Å². The summed E-state index contributed by atoms with van der Waals surface area (Å²) in [5, 5.41) is 9.24. The third kappa shape index (κ3) is 2.31. The van der Waals surface area contributed by atoms with Gasteiger partial charge in [0.1, 0.15) is 5.82 Å². The zero-order chi connectivity index (χ0) is 10.6. The van der Waals surface area contributed by atoms with E-state index in [4.69, 9.17) is 10.5 Å². The second-order valence-corrected chi connectivity index (χ2v) is 3.25. The van der Waals surface area contributed by atoms with E-state index in [2.05, 4.69) is 4.98 Å². The van der Waals surface area contributed by atoms with Crippen LogP contribution in [0, 0.1) is 6.92 Å². The van der Waals surface area contributed by atoms with E-state index < -0.39 is 0 Å². The Morgan fingerprint density at radius 1 is 1.71 bits per heavy atom. The van der Waals surface area contributed by atoms with Crippen molar-refractivity contribution in [2.45, 2.75) is 19.0 Å². The Morgan fingerprint density at radius 2 is 2.43 bits per heavy atom. The summed E-state index contributed by atoms with van der Waals surface area (Å²) in [6.07, 6.45) is 3.50. The summed E-state index contributed by atoms with van der Waals surface area (Å²) in [6, 6.07) is -0.393. The van der Waals surface area contributed by atoms with Crippen molar-refractivity contribution >= 4 is 0 Å². The largest absolute Gasteiger partial charge is 0.394 e. The zero-order valence-electron chi connectivity index (χ0n) is 8.55. The van der Waals surface area contributed by atoms with E-state index in [1.165, 1.54) is 0 Å². The van der Waals surface area contributed by atoms with E-state index in [-0.39, 0.29) is 18.7 Å². The number of rotatable bonds is 5. The number of nitrogens with zero attached hydrogens (tertiary/aromatic N) is 2. The number of nitrogens with two attached hydrogens (primary N) is 1. The van der Waals surface area contributed by atoms with E-state index >= 15 is 0 Å². The number of imidazole rings is 1. The Balaban J connectivity index is 2.76. The van der Waals surface area contributed by atoms with Crippen LogP contribution in [0.15, 0.2) is 12.4 Å². The molecule has 0 aliphatic rings. The van der Waals surface area contributed by atoms with Crippen molar-refractivity contribution in [3.63, 3.8) is 0 Å². The highest BCUT2D eigenvalue weighted by atomic mass is 16.5. The van der Waals surface area contributed by atoms with Crippen LogP contribution >= 0.6 is 0 Å². The Morgan fingerprint density at radius 3 is 2.86 bits per heavy atom. The number of aliphatic hydroxyl groups excluding tert-OH is 1. The molecular weight excluding hydrogens is 182 g/mol. The predicted molar refractivity (Wildman–Crippen MR) is 52.9 cm³/mol. The standard InChI is InChI=1S/C9H17N3O2/c1-7-11-3-4-12(7)9(5-13)8(10)6-14-2/h3-4,8-9,13H,5-6,10H2,1-2H3. The molecular formula is C9H17N3O2. The molecule has 1 aromatic rings. The molecule has 0 aliphatic carbocycles. The monoisotopic (exact) mass is 199 g/mol. The van der Waals surface area contributed by atoms with Crippen molar-refractivity contribution in [1.82, 2.24) is 9.55 Å². The molecule has 1 aromatic heterocycles. The lowest BCUT2D eigenvalue weighted by Crippen LogP contribution is -2.38. The molecule has 0 amide bonds. The molecule has 0 aliphatic heterocycles. The van der Waals surface area contributed by atoms with Gasteiger partial charge in [0, 0.05) is 19.5 Å².